The Morgan fingerprint density at radius 2 is 1.75 bits per heavy atom. The fraction of sp³-hybridized carbons (Fsp3) is 0.650. The number of anilines is 1. The van der Waals surface area contributed by atoms with E-state index in [9.17, 15) is 4.79 Å². The highest BCUT2D eigenvalue weighted by Gasteiger charge is 2.24. The fourth-order valence-electron chi connectivity index (χ4n) is 3.85. The van der Waals surface area contributed by atoms with E-state index in [4.69, 9.17) is 9.47 Å². The van der Waals surface area contributed by atoms with Crippen LogP contribution in [0.15, 0.2) is 18.2 Å². The van der Waals surface area contributed by atoms with Crippen LogP contribution >= 0.6 is 24.8 Å². The normalized spacial score (nSPS) is 19.4. The summed E-state index contributed by atoms with van der Waals surface area (Å²) in [5, 5.41) is 6.93. The Balaban J connectivity index is 0.00000196. The zero-order valence-corrected chi connectivity index (χ0v) is 18.4. The van der Waals surface area contributed by atoms with Crippen LogP contribution < -0.4 is 20.1 Å². The van der Waals surface area contributed by atoms with Gasteiger partial charge in [-0.15, -0.1) is 24.8 Å². The van der Waals surface area contributed by atoms with Gasteiger partial charge in [-0.2, -0.15) is 0 Å². The monoisotopic (exact) mass is 433 g/mol. The smallest absolute Gasteiger partial charge is 0.222 e. The third kappa shape index (κ3) is 6.90. The number of carbonyl (C=O) groups excluding carboxylic acids is 1. The summed E-state index contributed by atoms with van der Waals surface area (Å²) < 4.78 is 10.7. The molecule has 3 rings (SSSR count). The van der Waals surface area contributed by atoms with E-state index >= 15 is 0 Å². The first-order valence-corrected chi connectivity index (χ1v) is 9.66. The van der Waals surface area contributed by atoms with Crippen LogP contribution in [-0.2, 0) is 4.79 Å². The molecule has 2 fully saturated rings. The maximum absolute atomic E-state index is 12.4. The van der Waals surface area contributed by atoms with Gasteiger partial charge in [-0.25, -0.2) is 0 Å². The van der Waals surface area contributed by atoms with Crippen molar-refractivity contribution in [2.24, 2.45) is 5.92 Å². The summed E-state index contributed by atoms with van der Waals surface area (Å²) in [6, 6.07) is 6.20. The second-order valence-electron chi connectivity index (χ2n) is 7.30. The van der Waals surface area contributed by atoms with Gasteiger partial charge in [0.05, 0.1) is 14.2 Å². The standard InChI is InChI=1S/C20H31N3O3.2ClH/c1-25-18-11-17(12-19(13-18)26-2)22-16-6-9-23(10-7-16)20(24)4-3-15-5-8-21-14-15;;/h11-13,15-16,21-22H,3-10,14H2,1-2H3;2*1H. The number of piperidine rings is 1. The summed E-state index contributed by atoms with van der Waals surface area (Å²) in [6.07, 6.45) is 4.86. The van der Waals surface area contributed by atoms with Crippen LogP contribution in [0.2, 0.25) is 0 Å². The van der Waals surface area contributed by atoms with Gasteiger partial charge in [-0.05, 0) is 44.7 Å². The largest absolute Gasteiger partial charge is 0.497 e. The molecule has 0 spiro atoms. The van der Waals surface area contributed by atoms with E-state index in [-0.39, 0.29) is 24.8 Å². The molecule has 1 aromatic rings. The third-order valence-corrected chi connectivity index (χ3v) is 5.50. The van der Waals surface area contributed by atoms with E-state index in [1.165, 1.54) is 6.42 Å². The number of methoxy groups -OCH3 is 2. The van der Waals surface area contributed by atoms with Crippen LogP contribution in [0.25, 0.3) is 0 Å². The molecule has 2 aliphatic rings. The van der Waals surface area contributed by atoms with Crippen LogP contribution in [0.1, 0.15) is 32.1 Å². The van der Waals surface area contributed by atoms with Gasteiger partial charge in [-0.1, -0.05) is 0 Å². The average molecular weight is 434 g/mol. The Bertz CT molecular complexity index is 582. The number of halogens is 2. The molecular weight excluding hydrogens is 401 g/mol. The quantitative estimate of drug-likeness (QED) is 0.690. The number of ether oxygens (including phenoxy) is 2. The minimum absolute atomic E-state index is 0. The van der Waals surface area contributed by atoms with Crippen LogP contribution in [-0.4, -0.2) is 57.2 Å². The molecule has 1 unspecified atom stereocenters. The van der Waals surface area contributed by atoms with Crippen molar-refractivity contribution in [1.29, 1.82) is 0 Å². The minimum atomic E-state index is 0. The Morgan fingerprint density at radius 1 is 1.11 bits per heavy atom. The maximum atomic E-state index is 12.4. The molecular formula is C20H33Cl2N3O3. The second kappa shape index (κ2) is 12.2. The molecule has 8 heteroatoms. The zero-order chi connectivity index (χ0) is 18.4. The zero-order valence-electron chi connectivity index (χ0n) is 16.7. The van der Waals surface area contributed by atoms with E-state index in [1.807, 2.05) is 23.1 Å². The van der Waals surface area contributed by atoms with E-state index in [0.29, 0.717) is 24.3 Å². The van der Waals surface area contributed by atoms with Gasteiger partial charge in [0.25, 0.3) is 0 Å². The summed E-state index contributed by atoms with van der Waals surface area (Å²) in [5.41, 5.74) is 1.000. The maximum Gasteiger partial charge on any atom is 0.222 e. The number of benzene rings is 1. The average Bonchev–Trinajstić information content (AvgIpc) is 3.20. The lowest BCUT2D eigenvalue weighted by Crippen LogP contribution is -2.42. The van der Waals surface area contributed by atoms with Gasteiger partial charge in [-0.3, -0.25) is 4.79 Å². The van der Waals surface area contributed by atoms with Gasteiger partial charge in [0.1, 0.15) is 11.5 Å². The van der Waals surface area contributed by atoms with Crippen LogP contribution in [0.5, 0.6) is 11.5 Å². The van der Waals surface area contributed by atoms with Crippen molar-refractivity contribution >= 4 is 36.4 Å². The molecule has 0 aliphatic carbocycles. The Morgan fingerprint density at radius 3 is 2.29 bits per heavy atom. The van der Waals surface area contributed by atoms with Gasteiger partial charge in [0.2, 0.25) is 5.91 Å². The number of hydrogen-bond donors (Lipinski definition) is 2. The van der Waals surface area contributed by atoms with Crippen molar-refractivity contribution in [2.75, 3.05) is 45.7 Å². The predicted molar refractivity (Wildman–Crippen MR) is 117 cm³/mol. The Hall–Kier alpha value is -1.37. The van der Waals surface area contributed by atoms with Crippen molar-refractivity contribution < 1.29 is 14.3 Å². The number of hydrogen-bond acceptors (Lipinski definition) is 5. The lowest BCUT2D eigenvalue weighted by molar-refractivity contribution is -0.132. The summed E-state index contributed by atoms with van der Waals surface area (Å²) in [4.78, 5) is 14.5. The van der Waals surface area contributed by atoms with Gasteiger partial charge in [0, 0.05) is 49.4 Å². The number of likely N-dealkylation sites (tertiary alicyclic amines) is 1. The van der Waals surface area contributed by atoms with Crippen molar-refractivity contribution in [3.05, 3.63) is 18.2 Å². The molecule has 1 amide bonds. The van der Waals surface area contributed by atoms with Crippen LogP contribution in [0.4, 0.5) is 5.69 Å². The molecule has 2 heterocycles. The summed E-state index contributed by atoms with van der Waals surface area (Å²) in [6.45, 7) is 3.84. The van der Waals surface area contributed by atoms with Gasteiger partial charge >= 0.3 is 0 Å². The second-order valence-corrected chi connectivity index (χ2v) is 7.30. The highest BCUT2D eigenvalue weighted by Crippen LogP contribution is 2.27. The molecule has 1 aromatic carbocycles. The molecule has 0 radical (unpaired) electrons. The molecule has 1 atom stereocenters. The van der Waals surface area contributed by atoms with Crippen LogP contribution in [0.3, 0.4) is 0 Å². The summed E-state index contributed by atoms with van der Waals surface area (Å²) in [7, 11) is 3.31. The van der Waals surface area contributed by atoms with E-state index in [1.54, 1.807) is 14.2 Å². The molecule has 2 saturated heterocycles. The lowest BCUT2D eigenvalue weighted by Gasteiger charge is -2.33. The Kier molecular flexibility index (Phi) is 10.8. The first kappa shape index (κ1) is 24.7. The number of carbonyl (C=O) groups is 1. The highest BCUT2D eigenvalue weighted by molar-refractivity contribution is 5.85. The molecule has 28 heavy (non-hydrogen) atoms. The van der Waals surface area contributed by atoms with E-state index in [2.05, 4.69) is 10.6 Å². The molecule has 6 nitrogen and oxygen atoms in total. The molecule has 160 valence electrons. The Labute approximate surface area is 180 Å². The lowest BCUT2D eigenvalue weighted by atomic mass is 10.0. The van der Waals surface area contributed by atoms with Gasteiger partial charge in [0.15, 0.2) is 0 Å². The third-order valence-electron chi connectivity index (χ3n) is 5.50. The number of nitrogens with zero attached hydrogens (tertiary/aromatic N) is 1. The van der Waals surface area contributed by atoms with Crippen molar-refractivity contribution in [2.45, 2.75) is 38.1 Å². The van der Waals surface area contributed by atoms with E-state index < -0.39 is 0 Å². The topological polar surface area (TPSA) is 62.8 Å². The minimum Gasteiger partial charge on any atom is -0.497 e. The number of rotatable bonds is 7. The SMILES string of the molecule is COc1cc(NC2CCN(C(=O)CCC3CCNC3)CC2)cc(OC)c1.Cl.Cl. The van der Waals surface area contributed by atoms with Crippen molar-refractivity contribution in [1.82, 2.24) is 10.2 Å². The first-order valence-electron chi connectivity index (χ1n) is 9.66. The van der Waals surface area contributed by atoms with Crippen LogP contribution in [0, 0.1) is 5.92 Å². The van der Waals surface area contributed by atoms with Crippen molar-refractivity contribution in [3.63, 3.8) is 0 Å². The first-order chi connectivity index (χ1) is 12.7. The van der Waals surface area contributed by atoms with Gasteiger partial charge < -0.3 is 25.0 Å². The molecule has 2 aliphatic heterocycles. The molecule has 2 N–H and O–H groups in total. The number of nitrogens with one attached hydrogen (secondary N) is 2. The molecule has 0 saturated carbocycles. The molecule has 0 bridgehead atoms. The highest BCUT2D eigenvalue weighted by atomic mass is 35.5. The summed E-state index contributed by atoms with van der Waals surface area (Å²) in [5.74, 6) is 2.56. The van der Waals surface area contributed by atoms with Crippen molar-refractivity contribution in [3.8, 4) is 11.5 Å². The molecule has 0 aromatic heterocycles. The predicted octanol–water partition coefficient (Wildman–Crippen LogP) is 3.34. The summed E-state index contributed by atoms with van der Waals surface area (Å²) >= 11 is 0. The van der Waals surface area contributed by atoms with E-state index in [0.717, 1.165) is 62.6 Å². The fourth-order valence-corrected chi connectivity index (χ4v) is 3.85. The number of amides is 1.